The summed E-state index contributed by atoms with van der Waals surface area (Å²) in [6.45, 7) is 9.82. The highest BCUT2D eigenvalue weighted by molar-refractivity contribution is 5.77. The van der Waals surface area contributed by atoms with Gasteiger partial charge in [-0.1, -0.05) is 26.8 Å². The minimum atomic E-state index is -0.212. The van der Waals surface area contributed by atoms with E-state index >= 15 is 0 Å². The SMILES string of the molecule is C=C[C@@H](C)[C@H](CC(C)C)C(N)=O. The fourth-order valence-corrected chi connectivity index (χ4v) is 1.26. The highest BCUT2D eigenvalue weighted by Crippen LogP contribution is 2.20. The maximum Gasteiger partial charge on any atom is 0.221 e. The predicted octanol–water partition coefficient (Wildman–Crippen LogP) is 1.96. The molecule has 0 aliphatic heterocycles. The van der Waals surface area contributed by atoms with E-state index in [4.69, 9.17) is 5.73 Å². The molecule has 2 N–H and O–H groups in total. The normalized spacial score (nSPS) is 15.7. The van der Waals surface area contributed by atoms with Gasteiger partial charge >= 0.3 is 0 Å². The minimum Gasteiger partial charge on any atom is -0.369 e. The summed E-state index contributed by atoms with van der Waals surface area (Å²) in [5.74, 6) is 0.424. The van der Waals surface area contributed by atoms with E-state index in [9.17, 15) is 4.79 Å². The summed E-state index contributed by atoms with van der Waals surface area (Å²) in [6.07, 6.45) is 2.64. The Morgan fingerprint density at radius 3 is 2.25 bits per heavy atom. The number of rotatable bonds is 5. The lowest BCUT2D eigenvalue weighted by molar-refractivity contribution is -0.123. The zero-order valence-corrected chi connectivity index (χ0v) is 8.21. The first kappa shape index (κ1) is 11.2. The van der Waals surface area contributed by atoms with Gasteiger partial charge in [0.2, 0.25) is 5.91 Å². The molecule has 0 aromatic carbocycles. The molecule has 1 amide bonds. The van der Waals surface area contributed by atoms with Crippen molar-refractivity contribution >= 4 is 5.91 Å². The van der Waals surface area contributed by atoms with Crippen LogP contribution in [0.5, 0.6) is 0 Å². The number of nitrogens with two attached hydrogens (primary N) is 1. The van der Waals surface area contributed by atoms with Gasteiger partial charge < -0.3 is 5.73 Å². The third-order valence-electron chi connectivity index (χ3n) is 2.10. The van der Waals surface area contributed by atoms with Crippen LogP contribution >= 0.6 is 0 Å². The van der Waals surface area contributed by atoms with Crippen molar-refractivity contribution in [2.24, 2.45) is 23.5 Å². The number of carbonyl (C=O) groups excluding carboxylic acids is 1. The molecule has 0 heterocycles. The van der Waals surface area contributed by atoms with E-state index in [1.807, 2.05) is 6.92 Å². The molecule has 0 aliphatic carbocycles. The summed E-state index contributed by atoms with van der Waals surface area (Å²) in [5.41, 5.74) is 5.27. The Labute approximate surface area is 74.8 Å². The lowest BCUT2D eigenvalue weighted by atomic mass is 9.86. The molecule has 0 rings (SSSR count). The topological polar surface area (TPSA) is 43.1 Å². The third kappa shape index (κ3) is 3.56. The second-order valence-electron chi connectivity index (χ2n) is 3.73. The van der Waals surface area contributed by atoms with Gasteiger partial charge in [0.1, 0.15) is 0 Å². The molecule has 0 aromatic heterocycles. The van der Waals surface area contributed by atoms with E-state index in [1.165, 1.54) is 0 Å². The molecule has 0 radical (unpaired) electrons. The number of amides is 1. The molecule has 2 heteroatoms. The molecular weight excluding hydrogens is 150 g/mol. The molecule has 2 atom stereocenters. The Hall–Kier alpha value is -0.790. The van der Waals surface area contributed by atoms with Crippen LogP contribution in [0, 0.1) is 17.8 Å². The van der Waals surface area contributed by atoms with Crippen molar-refractivity contribution in [3.63, 3.8) is 0 Å². The Bertz CT molecular complexity index is 163. The zero-order valence-electron chi connectivity index (χ0n) is 8.21. The van der Waals surface area contributed by atoms with Crippen molar-refractivity contribution in [2.75, 3.05) is 0 Å². The highest BCUT2D eigenvalue weighted by atomic mass is 16.1. The van der Waals surface area contributed by atoms with Crippen LogP contribution in [0.15, 0.2) is 12.7 Å². The molecule has 0 bridgehead atoms. The van der Waals surface area contributed by atoms with Crippen molar-refractivity contribution in [1.29, 1.82) is 0 Å². The highest BCUT2D eigenvalue weighted by Gasteiger charge is 2.21. The van der Waals surface area contributed by atoms with Crippen LogP contribution in [0.3, 0.4) is 0 Å². The standard InChI is InChI=1S/C10H19NO/c1-5-8(4)9(10(11)12)6-7(2)3/h5,7-9H,1,6H2,2-4H3,(H2,11,12)/t8-,9+/m1/s1. The first-order valence-electron chi connectivity index (χ1n) is 4.40. The van der Waals surface area contributed by atoms with Crippen LogP contribution in [-0.2, 0) is 4.79 Å². The van der Waals surface area contributed by atoms with E-state index in [1.54, 1.807) is 6.08 Å². The molecule has 0 unspecified atom stereocenters. The van der Waals surface area contributed by atoms with Crippen LogP contribution in [0.25, 0.3) is 0 Å². The fraction of sp³-hybridized carbons (Fsp3) is 0.700. The van der Waals surface area contributed by atoms with Crippen molar-refractivity contribution in [1.82, 2.24) is 0 Å². The number of carbonyl (C=O) groups is 1. The molecular formula is C10H19NO. The van der Waals surface area contributed by atoms with Gasteiger partial charge in [-0.15, -0.1) is 6.58 Å². The van der Waals surface area contributed by atoms with Gasteiger partial charge in [-0.2, -0.15) is 0 Å². The minimum absolute atomic E-state index is 0.0532. The Kier molecular flexibility index (Phi) is 4.64. The Balaban J connectivity index is 4.22. The second-order valence-corrected chi connectivity index (χ2v) is 3.73. The molecule has 0 fully saturated rings. The first-order valence-corrected chi connectivity index (χ1v) is 4.40. The summed E-state index contributed by atoms with van der Waals surface area (Å²) in [6, 6.07) is 0. The van der Waals surface area contributed by atoms with Gasteiger partial charge in [0.05, 0.1) is 0 Å². The van der Waals surface area contributed by atoms with E-state index in [2.05, 4.69) is 20.4 Å². The number of hydrogen-bond donors (Lipinski definition) is 1. The summed E-state index contributed by atoms with van der Waals surface area (Å²) < 4.78 is 0. The van der Waals surface area contributed by atoms with Crippen molar-refractivity contribution < 1.29 is 4.79 Å². The van der Waals surface area contributed by atoms with E-state index in [-0.39, 0.29) is 17.7 Å². The molecule has 70 valence electrons. The largest absolute Gasteiger partial charge is 0.369 e. The molecule has 0 spiro atoms. The summed E-state index contributed by atoms with van der Waals surface area (Å²) in [7, 11) is 0. The van der Waals surface area contributed by atoms with Gasteiger partial charge in [-0.05, 0) is 18.3 Å². The molecule has 0 saturated heterocycles. The van der Waals surface area contributed by atoms with Crippen LogP contribution in [0.1, 0.15) is 27.2 Å². The average Bonchev–Trinajstić information content (AvgIpc) is 1.98. The number of allylic oxidation sites excluding steroid dienone is 1. The molecule has 0 saturated carbocycles. The van der Waals surface area contributed by atoms with Crippen molar-refractivity contribution in [3.8, 4) is 0 Å². The smallest absolute Gasteiger partial charge is 0.221 e. The van der Waals surface area contributed by atoms with Gasteiger partial charge in [0.15, 0.2) is 0 Å². The van der Waals surface area contributed by atoms with Gasteiger partial charge in [0, 0.05) is 5.92 Å². The van der Waals surface area contributed by atoms with Gasteiger partial charge in [-0.3, -0.25) is 4.79 Å². The maximum absolute atomic E-state index is 11.0. The van der Waals surface area contributed by atoms with Crippen LogP contribution < -0.4 is 5.73 Å². The molecule has 0 aliphatic rings. The summed E-state index contributed by atoms with van der Waals surface area (Å²) >= 11 is 0. The average molecular weight is 169 g/mol. The van der Waals surface area contributed by atoms with E-state index < -0.39 is 0 Å². The van der Waals surface area contributed by atoms with Crippen molar-refractivity contribution in [3.05, 3.63) is 12.7 Å². The molecule has 12 heavy (non-hydrogen) atoms. The fourth-order valence-electron chi connectivity index (χ4n) is 1.26. The second kappa shape index (κ2) is 4.96. The monoisotopic (exact) mass is 169 g/mol. The van der Waals surface area contributed by atoms with Crippen LogP contribution in [-0.4, -0.2) is 5.91 Å². The maximum atomic E-state index is 11.0. The van der Waals surface area contributed by atoms with E-state index in [0.29, 0.717) is 5.92 Å². The lowest BCUT2D eigenvalue weighted by Crippen LogP contribution is -2.29. The quantitative estimate of drug-likeness (QED) is 0.628. The van der Waals surface area contributed by atoms with E-state index in [0.717, 1.165) is 6.42 Å². The lowest BCUT2D eigenvalue weighted by Gasteiger charge is -2.19. The third-order valence-corrected chi connectivity index (χ3v) is 2.10. The van der Waals surface area contributed by atoms with Crippen molar-refractivity contribution in [2.45, 2.75) is 27.2 Å². The summed E-state index contributed by atoms with van der Waals surface area (Å²) in [5, 5.41) is 0. The Morgan fingerprint density at radius 1 is 1.50 bits per heavy atom. The number of hydrogen-bond acceptors (Lipinski definition) is 1. The Morgan fingerprint density at radius 2 is 2.00 bits per heavy atom. The molecule has 0 aromatic rings. The summed E-state index contributed by atoms with van der Waals surface area (Å²) in [4.78, 5) is 11.0. The molecule has 2 nitrogen and oxygen atoms in total. The number of primary amides is 1. The van der Waals surface area contributed by atoms with Gasteiger partial charge in [-0.25, -0.2) is 0 Å². The zero-order chi connectivity index (χ0) is 9.72. The van der Waals surface area contributed by atoms with Gasteiger partial charge in [0.25, 0.3) is 0 Å². The van der Waals surface area contributed by atoms with Crippen LogP contribution in [0.2, 0.25) is 0 Å². The predicted molar refractivity (Wildman–Crippen MR) is 51.5 cm³/mol. The van der Waals surface area contributed by atoms with Crippen LogP contribution in [0.4, 0.5) is 0 Å². The first-order chi connectivity index (χ1) is 5.49.